The van der Waals surface area contributed by atoms with Gasteiger partial charge >= 0.3 is 5.97 Å². The van der Waals surface area contributed by atoms with Gasteiger partial charge in [-0.2, -0.15) is 0 Å². The van der Waals surface area contributed by atoms with Crippen LogP contribution in [0, 0.1) is 0 Å². The highest BCUT2D eigenvalue weighted by Gasteiger charge is 2.16. The van der Waals surface area contributed by atoms with E-state index in [0.717, 1.165) is 5.56 Å². The molecule has 1 aromatic heterocycles. The summed E-state index contributed by atoms with van der Waals surface area (Å²) in [6, 6.07) is 15.8. The van der Waals surface area contributed by atoms with Crippen molar-refractivity contribution < 1.29 is 22.4 Å². The minimum atomic E-state index is -3.72. The Morgan fingerprint density at radius 2 is 1.85 bits per heavy atom. The molecule has 3 aromatic rings. The first-order valence-corrected chi connectivity index (χ1v) is 9.84. The van der Waals surface area contributed by atoms with E-state index in [1.165, 1.54) is 30.5 Å². The molecule has 0 atom stereocenters. The van der Waals surface area contributed by atoms with Crippen LogP contribution in [0.5, 0.6) is 0 Å². The Kier molecular flexibility index (Phi) is 5.95. The molecule has 0 saturated heterocycles. The molecule has 140 valence electrons. The van der Waals surface area contributed by atoms with Crippen molar-refractivity contribution in [2.45, 2.75) is 18.0 Å². The van der Waals surface area contributed by atoms with Crippen LogP contribution in [0.1, 0.15) is 21.7 Å². The van der Waals surface area contributed by atoms with Crippen LogP contribution in [0.25, 0.3) is 0 Å². The number of benzene rings is 2. The highest BCUT2D eigenvalue weighted by Crippen LogP contribution is 2.15. The number of furan rings is 1. The molecule has 0 radical (unpaired) electrons. The summed E-state index contributed by atoms with van der Waals surface area (Å²) in [6.45, 7) is 0.114. The summed E-state index contributed by atoms with van der Waals surface area (Å²) >= 11 is 5.89. The molecule has 2 aromatic carbocycles. The molecule has 0 unspecified atom stereocenters. The normalized spacial score (nSPS) is 11.3. The second-order valence-electron chi connectivity index (χ2n) is 5.63. The van der Waals surface area contributed by atoms with Crippen LogP contribution < -0.4 is 4.72 Å². The second-order valence-corrected chi connectivity index (χ2v) is 7.84. The summed E-state index contributed by atoms with van der Waals surface area (Å²) in [5.41, 5.74) is 1.01. The summed E-state index contributed by atoms with van der Waals surface area (Å²) in [4.78, 5) is 12.2. The van der Waals surface area contributed by atoms with Crippen molar-refractivity contribution in [2.24, 2.45) is 0 Å². The highest BCUT2D eigenvalue weighted by atomic mass is 35.5. The summed E-state index contributed by atoms with van der Waals surface area (Å²) in [5, 5.41) is 0.556. The number of carbonyl (C=O) groups excluding carboxylic acids is 1. The quantitative estimate of drug-likeness (QED) is 0.605. The van der Waals surface area contributed by atoms with Crippen LogP contribution in [-0.4, -0.2) is 14.4 Å². The first-order valence-electron chi connectivity index (χ1n) is 7.98. The highest BCUT2D eigenvalue weighted by molar-refractivity contribution is 7.89. The molecule has 1 heterocycles. The maximum absolute atomic E-state index is 12.3. The minimum absolute atomic E-state index is 0.0404. The van der Waals surface area contributed by atoms with Crippen molar-refractivity contribution in [3.63, 3.8) is 0 Å². The van der Waals surface area contributed by atoms with Crippen molar-refractivity contribution in [3.05, 3.63) is 88.8 Å². The van der Waals surface area contributed by atoms with Crippen molar-refractivity contribution in [2.75, 3.05) is 0 Å². The lowest BCUT2D eigenvalue weighted by Gasteiger charge is -2.08. The molecule has 0 saturated carbocycles. The molecule has 1 N–H and O–H groups in total. The van der Waals surface area contributed by atoms with E-state index in [-0.39, 0.29) is 23.6 Å². The van der Waals surface area contributed by atoms with Crippen LogP contribution in [0.15, 0.2) is 76.2 Å². The van der Waals surface area contributed by atoms with Crippen LogP contribution in [0.2, 0.25) is 5.02 Å². The smallest absolute Gasteiger partial charge is 0.338 e. The fourth-order valence-electron chi connectivity index (χ4n) is 2.29. The number of carbonyl (C=O) groups is 1. The maximum Gasteiger partial charge on any atom is 0.338 e. The molecular formula is C19H16ClNO5S. The van der Waals surface area contributed by atoms with Gasteiger partial charge in [0.1, 0.15) is 12.4 Å². The lowest BCUT2D eigenvalue weighted by atomic mass is 10.2. The first-order chi connectivity index (χ1) is 12.9. The maximum atomic E-state index is 12.3. The average Bonchev–Trinajstić information content (AvgIpc) is 3.18. The van der Waals surface area contributed by atoms with Crippen LogP contribution in [0.4, 0.5) is 0 Å². The van der Waals surface area contributed by atoms with Gasteiger partial charge in [-0.3, -0.25) is 0 Å². The van der Waals surface area contributed by atoms with Crippen molar-refractivity contribution >= 4 is 27.6 Å². The van der Waals surface area contributed by atoms with E-state index in [2.05, 4.69) is 4.72 Å². The predicted octanol–water partition coefficient (Wildman–Crippen LogP) is 3.77. The number of nitrogens with one attached hydrogen (secondary N) is 1. The standard InChI is InChI=1S/C19H16ClNO5S/c20-16-4-1-3-14(11-16)13-26-19(22)15-6-8-18(9-7-15)27(23,24)21-12-17-5-2-10-25-17/h1-11,21H,12-13H2. The molecule has 0 aliphatic heterocycles. The van der Waals surface area contributed by atoms with Crippen LogP contribution in [0.3, 0.4) is 0 Å². The van der Waals surface area contributed by atoms with Gasteiger partial charge in [-0.15, -0.1) is 0 Å². The molecule has 3 rings (SSSR count). The third-order valence-corrected chi connectivity index (χ3v) is 5.33. The Hall–Kier alpha value is -2.61. The lowest BCUT2D eigenvalue weighted by Crippen LogP contribution is -2.23. The van der Waals surface area contributed by atoms with Gasteiger partial charge in [0.15, 0.2) is 0 Å². The third-order valence-electron chi connectivity index (χ3n) is 3.68. The Bertz CT molecular complexity index is 1010. The molecule has 8 heteroatoms. The first kappa shape index (κ1) is 19.2. The molecular weight excluding hydrogens is 390 g/mol. The van der Waals surface area contributed by atoms with Crippen molar-refractivity contribution in [3.8, 4) is 0 Å². The Balaban J connectivity index is 1.61. The molecule has 0 fully saturated rings. The van der Waals surface area contributed by atoms with E-state index in [0.29, 0.717) is 10.8 Å². The summed E-state index contributed by atoms with van der Waals surface area (Å²) in [5.74, 6) is -0.0535. The van der Waals surface area contributed by atoms with E-state index >= 15 is 0 Å². The van der Waals surface area contributed by atoms with E-state index in [1.54, 1.807) is 36.4 Å². The largest absolute Gasteiger partial charge is 0.468 e. The molecule has 0 amide bonds. The van der Waals surface area contributed by atoms with E-state index in [1.807, 2.05) is 0 Å². The van der Waals surface area contributed by atoms with Gasteiger partial charge < -0.3 is 9.15 Å². The Labute approximate surface area is 161 Å². The number of sulfonamides is 1. The van der Waals surface area contributed by atoms with Gasteiger partial charge in [-0.05, 0) is 54.1 Å². The van der Waals surface area contributed by atoms with Gasteiger partial charge in [0.05, 0.1) is 23.3 Å². The SMILES string of the molecule is O=C(OCc1cccc(Cl)c1)c1ccc(S(=O)(=O)NCc2ccco2)cc1. The summed E-state index contributed by atoms with van der Waals surface area (Å²) < 4.78 is 37.3. The molecule has 0 aliphatic rings. The third kappa shape index (κ3) is 5.19. The molecule has 0 aliphatic carbocycles. The number of esters is 1. The van der Waals surface area contributed by atoms with Gasteiger partial charge in [0.25, 0.3) is 0 Å². The predicted molar refractivity (Wildman–Crippen MR) is 99.7 cm³/mol. The van der Waals surface area contributed by atoms with Gasteiger partial charge in [0, 0.05) is 5.02 Å². The lowest BCUT2D eigenvalue weighted by molar-refractivity contribution is 0.0472. The number of hydrogen-bond donors (Lipinski definition) is 1. The molecule has 27 heavy (non-hydrogen) atoms. The minimum Gasteiger partial charge on any atom is -0.468 e. The summed E-state index contributed by atoms with van der Waals surface area (Å²) in [6.07, 6.45) is 1.47. The monoisotopic (exact) mass is 405 g/mol. The fourth-order valence-corrected chi connectivity index (χ4v) is 3.50. The average molecular weight is 406 g/mol. The van der Waals surface area contributed by atoms with Crippen LogP contribution >= 0.6 is 11.6 Å². The van der Waals surface area contributed by atoms with E-state index in [4.69, 9.17) is 20.8 Å². The number of halogens is 1. The van der Waals surface area contributed by atoms with E-state index in [9.17, 15) is 13.2 Å². The van der Waals surface area contributed by atoms with Gasteiger partial charge in [-0.1, -0.05) is 23.7 Å². The zero-order valence-electron chi connectivity index (χ0n) is 14.1. The second kappa shape index (κ2) is 8.39. The number of rotatable bonds is 7. The Morgan fingerprint density at radius 1 is 1.07 bits per heavy atom. The van der Waals surface area contributed by atoms with Crippen molar-refractivity contribution in [1.82, 2.24) is 4.72 Å². The topological polar surface area (TPSA) is 85.6 Å². The number of ether oxygens (including phenoxy) is 1. The zero-order chi connectivity index (χ0) is 19.3. The fraction of sp³-hybridized carbons (Fsp3) is 0.105. The molecule has 6 nitrogen and oxygen atoms in total. The van der Waals surface area contributed by atoms with Crippen LogP contribution in [-0.2, 0) is 27.9 Å². The summed E-state index contributed by atoms with van der Waals surface area (Å²) in [7, 11) is -3.72. The van der Waals surface area contributed by atoms with E-state index < -0.39 is 16.0 Å². The van der Waals surface area contributed by atoms with Crippen molar-refractivity contribution in [1.29, 1.82) is 0 Å². The Morgan fingerprint density at radius 3 is 2.52 bits per heavy atom. The molecule has 0 spiro atoms. The van der Waals surface area contributed by atoms with Gasteiger partial charge in [-0.25, -0.2) is 17.9 Å². The van der Waals surface area contributed by atoms with Gasteiger partial charge in [0.2, 0.25) is 10.0 Å². The zero-order valence-corrected chi connectivity index (χ0v) is 15.7. The number of hydrogen-bond acceptors (Lipinski definition) is 5. The molecule has 0 bridgehead atoms.